The van der Waals surface area contributed by atoms with Gasteiger partial charge in [0.05, 0.1) is 12.9 Å². The molecule has 8 heteroatoms. The van der Waals surface area contributed by atoms with Crippen LogP contribution >= 0.6 is 0 Å². The van der Waals surface area contributed by atoms with Gasteiger partial charge in [0.25, 0.3) is 0 Å². The summed E-state index contributed by atoms with van der Waals surface area (Å²) in [7, 11) is 1.62. The number of hydrazine groups is 1. The molecule has 0 radical (unpaired) electrons. The van der Waals surface area contributed by atoms with Crippen molar-refractivity contribution in [2.24, 2.45) is 11.6 Å². The molecular formula is C17H32N6O2. The van der Waals surface area contributed by atoms with Crippen molar-refractivity contribution < 1.29 is 9.47 Å². The van der Waals surface area contributed by atoms with Crippen LogP contribution in [0.4, 0.5) is 5.69 Å². The second-order valence-corrected chi connectivity index (χ2v) is 4.79. The lowest BCUT2D eigenvalue weighted by atomic mass is 10.1. The second kappa shape index (κ2) is 14.9. The monoisotopic (exact) mass is 352 g/mol. The lowest BCUT2D eigenvalue weighted by molar-refractivity contribution is 0.409. The summed E-state index contributed by atoms with van der Waals surface area (Å²) in [6.07, 6.45) is 1.98. The van der Waals surface area contributed by atoms with Gasteiger partial charge < -0.3 is 20.6 Å². The summed E-state index contributed by atoms with van der Waals surface area (Å²) in [4.78, 5) is 0. The molecule has 0 bridgehead atoms. The summed E-state index contributed by atoms with van der Waals surface area (Å²) < 4.78 is 10.2. The van der Waals surface area contributed by atoms with Crippen molar-refractivity contribution in [2.75, 3.05) is 12.5 Å². The molecule has 25 heavy (non-hydrogen) atoms. The zero-order valence-electron chi connectivity index (χ0n) is 15.8. The van der Waals surface area contributed by atoms with Crippen LogP contribution in [0.2, 0.25) is 0 Å². The molecule has 0 saturated carbocycles. The Morgan fingerprint density at radius 3 is 2.16 bits per heavy atom. The van der Waals surface area contributed by atoms with Gasteiger partial charge in [0.2, 0.25) is 0 Å². The maximum absolute atomic E-state index is 7.54. The first-order valence-corrected chi connectivity index (χ1v) is 8.04. The van der Waals surface area contributed by atoms with Crippen molar-refractivity contribution in [3.63, 3.8) is 0 Å². The third kappa shape index (κ3) is 13.5. The lowest BCUT2D eigenvalue weighted by Gasteiger charge is -2.11. The number of benzene rings is 1. The van der Waals surface area contributed by atoms with Crippen LogP contribution in [-0.4, -0.2) is 24.7 Å². The number of nitrogens with one attached hydrogen (secondary N) is 4. The number of anilines is 1. The number of hydrogen-bond donors (Lipinski definition) is 6. The lowest BCUT2D eigenvalue weighted by Crippen LogP contribution is -2.08. The van der Waals surface area contributed by atoms with Crippen LogP contribution in [0.1, 0.15) is 46.1 Å². The molecule has 0 aromatic heterocycles. The van der Waals surface area contributed by atoms with E-state index in [0.29, 0.717) is 6.42 Å². The molecule has 0 fully saturated rings. The van der Waals surface area contributed by atoms with Crippen molar-refractivity contribution in [3.8, 4) is 5.75 Å². The highest BCUT2D eigenvalue weighted by molar-refractivity contribution is 5.87. The average molecular weight is 352 g/mol. The first kappa shape index (κ1) is 24.6. The maximum Gasteiger partial charge on any atom is 0.189 e. The fourth-order valence-corrected chi connectivity index (χ4v) is 1.74. The van der Waals surface area contributed by atoms with Gasteiger partial charge in [-0.3, -0.25) is 22.1 Å². The van der Waals surface area contributed by atoms with E-state index in [1.807, 2.05) is 32.0 Å². The first-order valence-electron chi connectivity index (χ1n) is 8.04. The molecule has 8 nitrogen and oxygen atoms in total. The van der Waals surface area contributed by atoms with E-state index < -0.39 is 0 Å². The molecule has 1 aromatic carbocycles. The Morgan fingerprint density at radius 2 is 1.72 bits per heavy atom. The quantitative estimate of drug-likeness (QED) is 0.201. The van der Waals surface area contributed by atoms with E-state index in [-0.39, 0.29) is 17.6 Å². The molecule has 142 valence electrons. The number of aryl methyl sites for hydroxylation is 1. The van der Waals surface area contributed by atoms with Crippen molar-refractivity contribution in [1.29, 1.82) is 16.2 Å². The minimum atomic E-state index is 0.0388. The van der Waals surface area contributed by atoms with Gasteiger partial charge in [-0.05, 0) is 43.5 Å². The van der Waals surface area contributed by atoms with Crippen molar-refractivity contribution in [1.82, 2.24) is 0 Å². The van der Waals surface area contributed by atoms with Gasteiger partial charge in [0.1, 0.15) is 5.75 Å². The van der Waals surface area contributed by atoms with Crippen molar-refractivity contribution in [3.05, 3.63) is 23.8 Å². The third-order valence-corrected chi connectivity index (χ3v) is 2.57. The molecule has 0 saturated heterocycles. The van der Waals surface area contributed by atoms with Crippen LogP contribution in [0.5, 0.6) is 5.75 Å². The van der Waals surface area contributed by atoms with E-state index >= 15 is 0 Å². The zero-order valence-corrected chi connectivity index (χ0v) is 15.8. The number of nitrogen functional groups attached to an aromatic ring is 1. The standard InChI is InChI=1S/C13H20N4O2.C2H6N2.C2H6/c1-9(14)19-13(15)5-3-4-10-8-11(17-16)6-7-12(10)18-2;1-2(3)4;1-2/h6-8,14-15,17H,3-5,16H2,1-2H3;1H3,(H3,3,4);1-2H3. The predicted molar refractivity (Wildman–Crippen MR) is 105 cm³/mol. The van der Waals surface area contributed by atoms with Gasteiger partial charge in [0, 0.05) is 19.0 Å². The summed E-state index contributed by atoms with van der Waals surface area (Å²) >= 11 is 0. The van der Waals surface area contributed by atoms with Crippen LogP contribution in [0.15, 0.2) is 18.2 Å². The van der Waals surface area contributed by atoms with Gasteiger partial charge in [-0.15, -0.1) is 0 Å². The Balaban J connectivity index is 0. The smallest absolute Gasteiger partial charge is 0.189 e. The molecule has 0 atom stereocenters. The Kier molecular flexibility index (Phi) is 14.7. The van der Waals surface area contributed by atoms with E-state index in [4.69, 9.17) is 37.3 Å². The van der Waals surface area contributed by atoms with E-state index in [0.717, 1.165) is 29.8 Å². The number of ether oxygens (including phenoxy) is 2. The van der Waals surface area contributed by atoms with Crippen LogP contribution in [0, 0.1) is 16.2 Å². The maximum atomic E-state index is 7.54. The fraction of sp³-hybridized carbons (Fsp3) is 0.471. The minimum absolute atomic E-state index is 0.0388. The molecule has 1 aromatic rings. The van der Waals surface area contributed by atoms with Gasteiger partial charge in [-0.2, -0.15) is 0 Å². The number of nitrogens with two attached hydrogens (primary N) is 2. The van der Waals surface area contributed by atoms with Crippen LogP contribution in [0.25, 0.3) is 0 Å². The molecular weight excluding hydrogens is 320 g/mol. The molecule has 0 aliphatic carbocycles. The van der Waals surface area contributed by atoms with Crippen molar-refractivity contribution >= 4 is 23.3 Å². The average Bonchev–Trinajstić information content (AvgIpc) is 2.55. The van der Waals surface area contributed by atoms with E-state index in [2.05, 4.69) is 5.43 Å². The number of rotatable bonds is 6. The third-order valence-electron chi connectivity index (χ3n) is 2.57. The van der Waals surface area contributed by atoms with Gasteiger partial charge in [0.15, 0.2) is 11.8 Å². The highest BCUT2D eigenvalue weighted by atomic mass is 16.5. The SMILES string of the molecule is CC.CC(=N)N.COc1ccc(NN)cc1CCCC(=N)OC(C)=N. The number of amidine groups is 1. The number of methoxy groups -OCH3 is 1. The minimum Gasteiger partial charge on any atom is -0.496 e. The van der Waals surface area contributed by atoms with E-state index in [9.17, 15) is 0 Å². The molecule has 0 amide bonds. The predicted octanol–water partition coefficient (Wildman–Crippen LogP) is 3.26. The van der Waals surface area contributed by atoms with Gasteiger partial charge in [-0.25, -0.2) is 0 Å². The van der Waals surface area contributed by atoms with E-state index in [1.165, 1.54) is 13.8 Å². The molecule has 0 unspecified atom stereocenters. The van der Waals surface area contributed by atoms with Crippen molar-refractivity contribution in [2.45, 2.75) is 47.0 Å². The normalized spacial score (nSPS) is 8.72. The highest BCUT2D eigenvalue weighted by Gasteiger charge is 2.06. The molecule has 8 N–H and O–H groups in total. The molecule has 0 spiro atoms. The van der Waals surface area contributed by atoms with Crippen LogP contribution in [-0.2, 0) is 11.2 Å². The second-order valence-electron chi connectivity index (χ2n) is 4.79. The first-order chi connectivity index (χ1) is 11.8. The van der Waals surface area contributed by atoms with Crippen LogP contribution in [0.3, 0.4) is 0 Å². The molecule has 0 aliphatic heterocycles. The number of hydrogen-bond acceptors (Lipinski definition) is 7. The zero-order chi connectivity index (χ0) is 19.8. The summed E-state index contributed by atoms with van der Waals surface area (Å²) in [6, 6.07) is 5.62. The summed E-state index contributed by atoms with van der Waals surface area (Å²) in [5.74, 6) is 6.49. The fourth-order valence-electron chi connectivity index (χ4n) is 1.74. The van der Waals surface area contributed by atoms with Gasteiger partial charge >= 0.3 is 0 Å². The van der Waals surface area contributed by atoms with Gasteiger partial charge in [-0.1, -0.05) is 13.8 Å². The Morgan fingerprint density at radius 1 is 1.16 bits per heavy atom. The Bertz CT molecular complexity index is 542. The highest BCUT2D eigenvalue weighted by Crippen LogP contribution is 2.23. The Hall–Kier alpha value is -2.61. The Labute approximate surface area is 150 Å². The van der Waals surface area contributed by atoms with E-state index in [1.54, 1.807) is 7.11 Å². The topological polar surface area (TPSA) is 154 Å². The largest absolute Gasteiger partial charge is 0.496 e. The summed E-state index contributed by atoms with van der Waals surface area (Å²) in [6.45, 7) is 7.04. The molecule has 0 heterocycles. The summed E-state index contributed by atoms with van der Waals surface area (Å²) in [5.41, 5.74) is 9.13. The molecule has 0 aliphatic rings. The summed E-state index contributed by atoms with van der Waals surface area (Å²) in [5, 5.41) is 20.9. The molecule has 1 rings (SSSR count). The van der Waals surface area contributed by atoms with Crippen LogP contribution < -0.4 is 21.7 Å².